The Hall–Kier alpha value is -2.48. The molecular weight excluding hydrogens is 370 g/mol. The highest BCUT2D eigenvalue weighted by molar-refractivity contribution is 6.32. The first-order valence-corrected chi connectivity index (χ1v) is 9.07. The molecule has 7 nitrogen and oxygen atoms in total. The Morgan fingerprint density at radius 3 is 2.63 bits per heavy atom. The van der Waals surface area contributed by atoms with Crippen molar-refractivity contribution in [1.29, 1.82) is 0 Å². The first kappa shape index (κ1) is 19.3. The van der Waals surface area contributed by atoms with E-state index in [4.69, 9.17) is 21.1 Å². The number of anilines is 1. The highest BCUT2D eigenvalue weighted by atomic mass is 35.5. The van der Waals surface area contributed by atoms with E-state index in [-0.39, 0.29) is 5.15 Å². The molecule has 1 aromatic heterocycles. The monoisotopic (exact) mass is 390 g/mol. The fourth-order valence-corrected chi connectivity index (χ4v) is 2.93. The fourth-order valence-electron chi connectivity index (χ4n) is 2.76. The van der Waals surface area contributed by atoms with Crippen molar-refractivity contribution in [3.05, 3.63) is 58.9 Å². The van der Waals surface area contributed by atoms with Gasteiger partial charge in [0.05, 0.1) is 24.5 Å². The highest BCUT2D eigenvalue weighted by Crippen LogP contribution is 2.17. The number of carbonyl (C=O) groups is 2. The van der Waals surface area contributed by atoms with E-state index in [1.807, 2.05) is 12.1 Å². The molecule has 1 fully saturated rings. The molecule has 0 saturated carbocycles. The average molecular weight is 391 g/mol. The number of aromatic nitrogens is 1. The maximum absolute atomic E-state index is 12.1. The quantitative estimate of drug-likeness (QED) is 0.567. The van der Waals surface area contributed by atoms with Gasteiger partial charge in [-0.15, -0.1) is 0 Å². The third-order valence-electron chi connectivity index (χ3n) is 4.21. The number of benzene rings is 1. The second kappa shape index (κ2) is 9.45. The predicted octanol–water partition coefficient (Wildman–Crippen LogP) is 0.946. The van der Waals surface area contributed by atoms with Gasteiger partial charge in [-0.2, -0.15) is 0 Å². The van der Waals surface area contributed by atoms with Gasteiger partial charge in [0.1, 0.15) is 19.6 Å². The van der Waals surface area contributed by atoms with Crippen LogP contribution in [0.2, 0.25) is 5.15 Å². The van der Waals surface area contributed by atoms with Gasteiger partial charge in [-0.05, 0) is 24.3 Å². The molecule has 27 heavy (non-hydrogen) atoms. The van der Waals surface area contributed by atoms with Gasteiger partial charge in [0.2, 0.25) is 0 Å². The lowest BCUT2D eigenvalue weighted by atomic mass is 10.1. The molecule has 1 amide bonds. The van der Waals surface area contributed by atoms with Gasteiger partial charge in [0, 0.05) is 11.8 Å². The molecule has 142 valence electrons. The molecule has 0 spiro atoms. The van der Waals surface area contributed by atoms with Crippen molar-refractivity contribution in [3.8, 4) is 0 Å². The first-order chi connectivity index (χ1) is 13.1. The van der Waals surface area contributed by atoms with Crippen LogP contribution in [0.5, 0.6) is 0 Å². The Balaban J connectivity index is 1.47. The zero-order chi connectivity index (χ0) is 19.1. The summed E-state index contributed by atoms with van der Waals surface area (Å²) in [6.45, 7) is 4.04. The third-order valence-corrected chi connectivity index (χ3v) is 4.51. The molecule has 1 aromatic carbocycles. The van der Waals surface area contributed by atoms with Crippen molar-refractivity contribution < 1.29 is 24.0 Å². The summed E-state index contributed by atoms with van der Waals surface area (Å²) in [4.78, 5) is 29.3. The Bertz CT molecular complexity index is 792. The number of carbonyl (C=O) groups excluding carboxylic acids is 2. The number of quaternary nitrogens is 1. The van der Waals surface area contributed by atoms with Gasteiger partial charge in [-0.25, -0.2) is 9.78 Å². The molecule has 0 bridgehead atoms. The number of halogens is 1. The van der Waals surface area contributed by atoms with E-state index < -0.39 is 18.5 Å². The number of nitrogens with one attached hydrogen (secondary N) is 2. The number of morpholine rings is 1. The molecule has 2 aromatic rings. The number of pyridine rings is 1. The molecule has 2 N–H and O–H groups in total. The van der Waals surface area contributed by atoms with Crippen molar-refractivity contribution in [2.45, 2.75) is 6.54 Å². The van der Waals surface area contributed by atoms with Crippen LogP contribution in [0.15, 0.2) is 42.6 Å². The molecular formula is C19H21ClN3O4+. The largest absolute Gasteiger partial charge is 0.452 e. The van der Waals surface area contributed by atoms with Crippen molar-refractivity contribution in [2.24, 2.45) is 0 Å². The summed E-state index contributed by atoms with van der Waals surface area (Å²) in [5, 5.41) is 2.72. The van der Waals surface area contributed by atoms with Crippen molar-refractivity contribution in [2.75, 3.05) is 38.2 Å². The summed E-state index contributed by atoms with van der Waals surface area (Å²) in [6, 6.07) is 10.5. The van der Waals surface area contributed by atoms with Gasteiger partial charge in [-0.3, -0.25) is 4.79 Å². The van der Waals surface area contributed by atoms with Crippen LogP contribution in [-0.2, 0) is 20.8 Å². The van der Waals surface area contributed by atoms with Crippen LogP contribution in [0, 0.1) is 0 Å². The van der Waals surface area contributed by atoms with Crippen LogP contribution in [-0.4, -0.2) is 49.8 Å². The Kier molecular flexibility index (Phi) is 6.75. The SMILES string of the molecule is O=C(COC(=O)c1ccc(C[NH+]2CCOCC2)cc1)Nc1cccnc1Cl. The maximum Gasteiger partial charge on any atom is 0.338 e. The second-order valence-electron chi connectivity index (χ2n) is 6.20. The number of hydrogen-bond donors (Lipinski definition) is 2. The Morgan fingerprint density at radius 1 is 1.19 bits per heavy atom. The van der Waals surface area contributed by atoms with Crippen molar-refractivity contribution >= 4 is 29.2 Å². The predicted molar refractivity (Wildman–Crippen MR) is 99.8 cm³/mol. The van der Waals surface area contributed by atoms with Gasteiger partial charge >= 0.3 is 5.97 Å². The number of nitrogens with zero attached hydrogens (tertiary/aromatic N) is 1. The molecule has 0 radical (unpaired) electrons. The van der Waals surface area contributed by atoms with Crippen LogP contribution in [0.1, 0.15) is 15.9 Å². The van der Waals surface area contributed by atoms with E-state index in [0.29, 0.717) is 11.3 Å². The molecule has 1 aliphatic heterocycles. The zero-order valence-corrected chi connectivity index (χ0v) is 15.5. The molecule has 0 aliphatic carbocycles. The molecule has 1 aliphatic rings. The number of amides is 1. The zero-order valence-electron chi connectivity index (χ0n) is 14.7. The molecule has 8 heteroatoms. The number of hydrogen-bond acceptors (Lipinski definition) is 5. The lowest BCUT2D eigenvalue weighted by Gasteiger charge is -2.23. The maximum atomic E-state index is 12.1. The molecule has 3 rings (SSSR count). The van der Waals surface area contributed by atoms with Crippen molar-refractivity contribution in [3.63, 3.8) is 0 Å². The van der Waals surface area contributed by atoms with Gasteiger partial charge < -0.3 is 19.7 Å². The number of esters is 1. The van der Waals surface area contributed by atoms with E-state index in [2.05, 4.69) is 10.3 Å². The number of ether oxygens (including phenoxy) is 2. The summed E-state index contributed by atoms with van der Waals surface area (Å²) in [5.41, 5.74) is 1.92. The minimum absolute atomic E-state index is 0.176. The van der Waals surface area contributed by atoms with Crippen LogP contribution in [0.25, 0.3) is 0 Å². The molecule has 0 unspecified atom stereocenters. The third kappa shape index (κ3) is 5.75. The van der Waals surface area contributed by atoms with Crippen LogP contribution in [0.4, 0.5) is 5.69 Å². The topological polar surface area (TPSA) is 82.0 Å². The average Bonchev–Trinajstić information content (AvgIpc) is 2.69. The van der Waals surface area contributed by atoms with Gasteiger partial charge in [0.15, 0.2) is 11.8 Å². The van der Waals surface area contributed by atoms with E-state index in [1.165, 1.54) is 11.1 Å². The van der Waals surface area contributed by atoms with Crippen LogP contribution < -0.4 is 10.2 Å². The normalized spacial score (nSPS) is 14.6. The lowest BCUT2D eigenvalue weighted by Crippen LogP contribution is -3.12. The van der Waals surface area contributed by atoms with Gasteiger partial charge in [-0.1, -0.05) is 23.7 Å². The molecule has 2 heterocycles. The molecule has 0 atom stereocenters. The lowest BCUT2D eigenvalue weighted by molar-refractivity contribution is -0.921. The second-order valence-corrected chi connectivity index (χ2v) is 6.56. The van der Waals surface area contributed by atoms with E-state index >= 15 is 0 Å². The summed E-state index contributed by atoms with van der Waals surface area (Å²) in [5.74, 6) is -1.03. The summed E-state index contributed by atoms with van der Waals surface area (Å²) < 4.78 is 10.4. The fraction of sp³-hybridized carbons (Fsp3) is 0.316. The minimum atomic E-state index is -0.548. The number of rotatable bonds is 6. The summed E-state index contributed by atoms with van der Waals surface area (Å²) in [7, 11) is 0. The first-order valence-electron chi connectivity index (χ1n) is 8.69. The van der Waals surface area contributed by atoms with Gasteiger partial charge in [0.25, 0.3) is 5.91 Å². The van der Waals surface area contributed by atoms with E-state index in [9.17, 15) is 9.59 Å². The van der Waals surface area contributed by atoms with Crippen LogP contribution in [0.3, 0.4) is 0 Å². The van der Waals surface area contributed by atoms with Crippen molar-refractivity contribution in [1.82, 2.24) is 4.98 Å². The van der Waals surface area contributed by atoms with E-state index in [0.717, 1.165) is 38.4 Å². The van der Waals surface area contributed by atoms with Crippen LogP contribution >= 0.6 is 11.6 Å². The van der Waals surface area contributed by atoms with E-state index in [1.54, 1.807) is 24.3 Å². The Morgan fingerprint density at radius 2 is 1.93 bits per heavy atom. The summed E-state index contributed by atoms with van der Waals surface area (Å²) >= 11 is 5.87. The Labute approximate surface area is 162 Å². The smallest absolute Gasteiger partial charge is 0.338 e. The highest BCUT2D eigenvalue weighted by Gasteiger charge is 2.15. The molecule has 1 saturated heterocycles. The minimum Gasteiger partial charge on any atom is -0.452 e. The standard InChI is InChI=1S/C19H20ClN3O4/c20-18-16(2-1-7-21-18)22-17(24)13-27-19(25)15-5-3-14(4-6-15)12-23-8-10-26-11-9-23/h1-7H,8-13H2,(H,22,24)/p+1. The summed E-state index contributed by atoms with van der Waals surface area (Å²) in [6.07, 6.45) is 1.52.